The van der Waals surface area contributed by atoms with Crippen molar-refractivity contribution in [2.75, 3.05) is 24.6 Å². The van der Waals surface area contributed by atoms with Crippen molar-refractivity contribution in [3.8, 4) is 34.3 Å². The van der Waals surface area contributed by atoms with E-state index in [4.69, 9.17) is 15.7 Å². The van der Waals surface area contributed by atoms with Gasteiger partial charge in [0.1, 0.15) is 17.6 Å². The molecule has 9 heteroatoms. The lowest BCUT2D eigenvalue weighted by atomic mass is 9.97. The van der Waals surface area contributed by atoms with Gasteiger partial charge in [0, 0.05) is 43.5 Å². The van der Waals surface area contributed by atoms with Crippen molar-refractivity contribution in [1.29, 1.82) is 5.26 Å². The van der Waals surface area contributed by atoms with Gasteiger partial charge < -0.3 is 19.9 Å². The zero-order chi connectivity index (χ0) is 24.4. The van der Waals surface area contributed by atoms with Crippen molar-refractivity contribution in [3.05, 3.63) is 64.1 Å². The molecule has 4 rings (SSSR count). The summed E-state index contributed by atoms with van der Waals surface area (Å²) in [6, 6.07) is 9.08. The minimum atomic E-state index is -0.679. The number of aromatic nitrogens is 2. The molecule has 7 nitrogen and oxygen atoms in total. The first-order valence-electron chi connectivity index (χ1n) is 11.1. The van der Waals surface area contributed by atoms with Crippen LogP contribution in [0, 0.1) is 23.0 Å². The summed E-state index contributed by atoms with van der Waals surface area (Å²) in [6.07, 6.45) is 2.92. The lowest BCUT2D eigenvalue weighted by Crippen LogP contribution is -2.42. The van der Waals surface area contributed by atoms with E-state index in [2.05, 4.69) is 4.98 Å². The second-order valence-electron chi connectivity index (χ2n) is 8.23. The van der Waals surface area contributed by atoms with Gasteiger partial charge in [-0.3, -0.25) is 4.79 Å². The van der Waals surface area contributed by atoms with Crippen LogP contribution in [0.2, 0.25) is 0 Å². The molecule has 34 heavy (non-hydrogen) atoms. The summed E-state index contributed by atoms with van der Waals surface area (Å²) in [5.41, 5.74) is 7.81. The van der Waals surface area contributed by atoms with Crippen molar-refractivity contribution >= 4 is 5.69 Å². The monoisotopic (exact) mass is 465 g/mol. The van der Waals surface area contributed by atoms with Gasteiger partial charge in [0.15, 0.2) is 5.82 Å². The SMILES string of the molecule is CCOc1ncc(-c2c(-c3ccc(C#N)c(F)c3)cc(N3CCC(N)CC3)c(=O)n2C)cc1F. The standard InChI is InChI=1S/C25H25F2N5O2/c1-3-34-24-21(27)11-17(14-30-24)23-19(15-4-5-16(13-28)20(26)10-15)12-22(25(33)31(23)2)32-8-6-18(29)7-9-32/h4-5,10-12,14,18H,3,6-9,29H2,1-2H3. The molecular formula is C25H25F2N5O2. The second-order valence-corrected chi connectivity index (χ2v) is 8.23. The van der Waals surface area contributed by atoms with Gasteiger partial charge in [0.25, 0.3) is 5.56 Å². The Bertz CT molecular complexity index is 1320. The highest BCUT2D eigenvalue weighted by molar-refractivity contribution is 5.83. The van der Waals surface area contributed by atoms with Gasteiger partial charge in [0.05, 0.1) is 17.9 Å². The Morgan fingerprint density at radius 3 is 2.50 bits per heavy atom. The van der Waals surface area contributed by atoms with E-state index in [9.17, 15) is 13.6 Å². The van der Waals surface area contributed by atoms with E-state index in [1.165, 1.54) is 29.0 Å². The smallest absolute Gasteiger partial charge is 0.274 e. The molecule has 1 saturated heterocycles. The zero-order valence-corrected chi connectivity index (χ0v) is 19.0. The third-order valence-corrected chi connectivity index (χ3v) is 6.04. The first kappa shape index (κ1) is 23.4. The number of nitrogens with two attached hydrogens (primary N) is 1. The number of piperidine rings is 1. The molecule has 1 fully saturated rings. The molecule has 0 bridgehead atoms. The molecule has 1 aliphatic heterocycles. The summed E-state index contributed by atoms with van der Waals surface area (Å²) < 4.78 is 35.8. The number of rotatable bonds is 5. The maximum Gasteiger partial charge on any atom is 0.274 e. The summed E-state index contributed by atoms with van der Waals surface area (Å²) in [6.45, 7) is 3.22. The first-order valence-corrected chi connectivity index (χ1v) is 11.1. The van der Waals surface area contributed by atoms with Gasteiger partial charge in [-0.05, 0) is 49.6 Å². The van der Waals surface area contributed by atoms with Crippen molar-refractivity contribution in [2.24, 2.45) is 12.8 Å². The summed E-state index contributed by atoms with van der Waals surface area (Å²) >= 11 is 0. The molecule has 0 atom stereocenters. The van der Waals surface area contributed by atoms with E-state index in [1.807, 2.05) is 11.0 Å². The van der Waals surface area contributed by atoms with E-state index in [-0.39, 0.29) is 29.7 Å². The van der Waals surface area contributed by atoms with E-state index in [1.54, 1.807) is 26.1 Å². The molecule has 1 aliphatic rings. The van der Waals surface area contributed by atoms with Crippen molar-refractivity contribution in [1.82, 2.24) is 9.55 Å². The molecule has 0 saturated carbocycles. The van der Waals surface area contributed by atoms with E-state index < -0.39 is 11.6 Å². The fourth-order valence-electron chi connectivity index (χ4n) is 4.23. The number of nitriles is 1. The van der Waals surface area contributed by atoms with Gasteiger partial charge in [0.2, 0.25) is 5.88 Å². The fraction of sp³-hybridized carbons (Fsp3) is 0.320. The van der Waals surface area contributed by atoms with Crippen LogP contribution in [0.15, 0.2) is 41.3 Å². The van der Waals surface area contributed by atoms with Crippen molar-refractivity contribution in [3.63, 3.8) is 0 Å². The molecule has 3 heterocycles. The average Bonchev–Trinajstić information content (AvgIpc) is 2.83. The van der Waals surface area contributed by atoms with Crippen LogP contribution in [0.4, 0.5) is 14.5 Å². The number of halogens is 2. The van der Waals surface area contributed by atoms with Crippen LogP contribution in [0.1, 0.15) is 25.3 Å². The fourth-order valence-corrected chi connectivity index (χ4v) is 4.23. The van der Waals surface area contributed by atoms with Crippen molar-refractivity contribution < 1.29 is 13.5 Å². The second kappa shape index (κ2) is 9.61. The Kier molecular flexibility index (Phi) is 6.61. The van der Waals surface area contributed by atoms with E-state index in [0.717, 1.165) is 12.8 Å². The number of benzene rings is 1. The van der Waals surface area contributed by atoms with Gasteiger partial charge in [-0.25, -0.2) is 13.8 Å². The van der Waals surface area contributed by atoms with Crippen LogP contribution < -0.4 is 20.9 Å². The van der Waals surface area contributed by atoms with Crippen LogP contribution in [-0.4, -0.2) is 35.3 Å². The molecule has 0 aliphatic carbocycles. The molecular weight excluding hydrogens is 440 g/mol. The van der Waals surface area contributed by atoms with Crippen LogP contribution in [0.5, 0.6) is 5.88 Å². The number of hydrogen-bond donors (Lipinski definition) is 1. The Hall–Kier alpha value is -3.77. The highest BCUT2D eigenvalue weighted by Crippen LogP contribution is 2.35. The summed E-state index contributed by atoms with van der Waals surface area (Å²) in [5.74, 6) is -1.48. The average molecular weight is 466 g/mol. The summed E-state index contributed by atoms with van der Waals surface area (Å²) in [4.78, 5) is 19.4. The lowest BCUT2D eigenvalue weighted by molar-refractivity contribution is 0.307. The third-order valence-electron chi connectivity index (χ3n) is 6.04. The molecule has 3 aromatic rings. The summed E-state index contributed by atoms with van der Waals surface area (Å²) in [7, 11) is 1.59. The third kappa shape index (κ3) is 4.37. The predicted molar refractivity (Wildman–Crippen MR) is 126 cm³/mol. The number of pyridine rings is 2. The zero-order valence-electron chi connectivity index (χ0n) is 19.0. The number of ether oxygens (including phenoxy) is 1. The molecule has 2 aromatic heterocycles. The van der Waals surface area contributed by atoms with E-state index in [0.29, 0.717) is 41.2 Å². The normalized spacial score (nSPS) is 14.2. The lowest BCUT2D eigenvalue weighted by Gasteiger charge is -2.32. The Balaban J connectivity index is 1.94. The van der Waals surface area contributed by atoms with Crippen molar-refractivity contribution in [2.45, 2.75) is 25.8 Å². The molecule has 0 amide bonds. The van der Waals surface area contributed by atoms with Crippen LogP contribution in [0.25, 0.3) is 22.4 Å². The molecule has 0 radical (unpaired) electrons. The largest absolute Gasteiger partial charge is 0.476 e. The highest BCUT2D eigenvalue weighted by atomic mass is 19.1. The Labute approximate surface area is 196 Å². The first-order chi connectivity index (χ1) is 16.3. The summed E-state index contributed by atoms with van der Waals surface area (Å²) in [5, 5.41) is 9.11. The Morgan fingerprint density at radius 2 is 1.88 bits per heavy atom. The van der Waals surface area contributed by atoms with Gasteiger partial charge >= 0.3 is 0 Å². The Morgan fingerprint density at radius 1 is 1.18 bits per heavy atom. The van der Waals surface area contributed by atoms with Crippen LogP contribution >= 0.6 is 0 Å². The maximum absolute atomic E-state index is 14.7. The minimum absolute atomic E-state index is 0.0874. The molecule has 1 aromatic carbocycles. The number of nitrogens with zero attached hydrogens (tertiary/aromatic N) is 4. The molecule has 0 spiro atoms. The van der Waals surface area contributed by atoms with Crippen LogP contribution in [0.3, 0.4) is 0 Å². The molecule has 0 unspecified atom stereocenters. The minimum Gasteiger partial charge on any atom is -0.476 e. The maximum atomic E-state index is 14.7. The quantitative estimate of drug-likeness (QED) is 0.619. The van der Waals surface area contributed by atoms with Gasteiger partial charge in [-0.2, -0.15) is 5.26 Å². The number of hydrogen-bond acceptors (Lipinski definition) is 6. The van der Waals surface area contributed by atoms with Crippen LogP contribution in [-0.2, 0) is 7.05 Å². The topological polar surface area (TPSA) is 97.2 Å². The van der Waals surface area contributed by atoms with Gasteiger partial charge in [-0.15, -0.1) is 0 Å². The molecule has 176 valence electrons. The highest BCUT2D eigenvalue weighted by Gasteiger charge is 2.24. The number of anilines is 1. The van der Waals surface area contributed by atoms with E-state index >= 15 is 0 Å². The predicted octanol–water partition coefficient (Wildman–Crippen LogP) is 3.59. The van der Waals surface area contributed by atoms with Gasteiger partial charge in [-0.1, -0.05) is 6.07 Å². The molecule has 2 N–H and O–H groups in total.